The molecule has 0 bridgehead atoms. The fourth-order valence-corrected chi connectivity index (χ4v) is 3.82. The van der Waals surface area contributed by atoms with Crippen LogP contribution >= 0.6 is 0 Å². The van der Waals surface area contributed by atoms with Crippen LogP contribution in [0.4, 0.5) is 0 Å². The normalized spacial score (nSPS) is 26.1. The van der Waals surface area contributed by atoms with Crippen LogP contribution in [0.5, 0.6) is 0 Å². The summed E-state index contributed by atoms with van der Waals surface area (Å²) in [5.74, 6) is 0.882. The van der Waals surface area contributed by atoms with Gasteiger partial charge in [-0.1, -0.05) is 13.8 Å². The number of likely N-dealkylation sites (tertiary alicyclic amines) is 2. The van der Waals surface area contributed by atoms with Gasteiger partial charge in [0.15, 0.2) is 0 Å². The molecule has 0 aromatic carbocycles. The highest BCUT2D eigenvalue weighted by Gasteiger charge is 2.44. The molecule has 4 nitrogen and oxygen atoms in total. The van der Waals surface area contributed by atoms with Crippen LogP contribution in [0.2, 0.25) is 0 Å². The Morgan fingerprint density at radius 2 is 1.95 bits per heavy atom. The lowest BCUT2D eigenvalue weighted by Crippen LogP contribution is -2.34. The summed E-state index contributed by atoms with van der Waals surface area (Å²) in [7, 11) is 0. The van der Waals surface area contributed by atoms with E-state index < -0.39 is 0 Å². The predicted molar refractivity (Wildman–Crippen MR) is 83.1 cm³/mol. The van der Waals surface area contributed by atoms with Gasteiger partial charge in [0.2, 0.25) is 0 Å². The Balaban J connectivity index is 1.62. The summed E-state index contributed by atoms with van der Waals surface area (Å²) in [5, 5.41) is 0. The van der Waals surface area contributed by atoms with Crippen molar-refractivity contribution >= 4 is 5.91 Å². The van der Waals surface area contributed by atoms with Crippen LogP contribution in [0.15, 0.2) is 24.5 Å². The van der Waals surface area contributed by atoms with E-state index in [-0.39, 0.29) is 5.91 Å². The van der Waals surface area contributed by atoms with Gasteiger partial charge in [0, 0.05) is 49.6 Å². The molecule has 3 heterocycles. The van der Waals surface area contributed by atoms with Crippen molar-refractivity contribution in [2.24, 2.45) is 11.3 Å². The molecule has 21 heavy (non-hydrogen) atoms. The minimum Gasteiger partial charge on any atom is -0.338 e. The van der Waals surface area contributed by atoms with E-state index in [0.29, 0.717) is 5.41 Å². The highest BCUT2D eigenvalue weighted by atomic mass is 16.2. The number of carbonyl (C=O) groups is 1. The van der Waals surface area contributed by atoms with E-state index in [9.17, 15) is 4.79 Å². The number of nitrogens with zero attached hydrogens (tertiary/aromatic N) is 3. The first-order valence-corrected chi connectivity index (χ1v) is 8.00. The Labute approximate surface area is 127 Å². The molecule has 4 heteroatoms. The van der Waals surface area contributed by atoms with Crippen LogP contribution in [0.3, 0.4) is 0 Å². The first kappa shape index (κ1) is 14.5. The molecular weight excluding hydrogens is 262 g/mol. The second-order valence-corrected chi connectivity index (χ2v) is 7.09. The molecule has 1 aromatic rings. The van der Waals surface area contributed by atoms with Crippen molar-refractivity contribution in [2.75, 3.05) is 32.7 Å². The lowest BCUT2D eigenvalue weighted by Gasteiger charge is -2.25. The van der Waals surface area contributed by atoms with Crippen LogP contribution in [0.25, 0.3) is 0 Å². The number of carbonyl (C=O) groups excluding carboxylic acids is 1. The van der Waals surface area contributed by atoms with Crippen molar-refractivity contribution in [3.8, 4) is 0 Å². The number of pyridine rings is 1. The summed E-state index contributed by atoms with van der Waals surface area (Å²) in [6, 6.07) is 3.63. The lowest BCUT2D eigenvalue weighted by atomic mass is 9.86. The van der Waals surface area contributed by atoms with Crippen LogP contribution in [-0.4, -0.2) is 53.4 Å². The maximum Gasteiger partial charge on any atom is 0.253 e. The summed E-state index contributed by atoms with van der Waals surface area (Å²) in [4.78, 5) is 21.1. The van der Waals surface area contributed by atoms with E-state index in [1.165, 1.54) is 19.5 Å². The van der Waals surface area contributed by atoms with E-state index in [1.54, 1.807) is 12.4 Å². The highest BCUT2D eigenvalue weighted by Crippen LogP contribution is 2.40. The Morgan fingerprint density at radius 1 is 1.24 bits per heavy atom. The van der Waals surface area contributed by atoms with Gasteiger partial charge in [-0.2, -0.15) is 0 Å². The molecule has 1 spiro atoms. The molecule has 2 aliphatic rings. The average molecular weight is 287 g/mol. The minimum atomic E-state index is 0.164. The second kappa shape index (κ2) is 5.76. The van der Waals surface area contributed by atoms with Gasteiger partial charge in [0.05, 0.1) is 0 Å². The molecule has 0 N–H and O–H groups in total. The lowest BCUT2D eigenvalue weighted by molar-refractivity contribution is 0.0773. The van der Waals surface area contributed by atoms with Gasteiger partial charge >= 0.3 is 0 Å². The van der Waals surface area contributed by atoms with Crippen LogP contribution in [0, 0.1) is 11.3 Å². The van der Waals surface area contributed by atoms with Crippen molar-refractivity contribution in [2.45, 2.75) is 26.7 Å². The summed E-state index contributed by atoms with van der Waals surface area (Å²) in [5.41, 5.74) is 1.11. The number of hydrogen-bond donors (Lipinski definition) is 0. The van der Waals surface area contributed by atoms with Gasteiger partial charge in [0.1, 0.15) is 0 Å². The molecule has 1 aromatic heterocycles. The number of amides is 1. The zero-order valence-electron chi connectivity index (χ0n) is 13.1. The van der Waals surface area contributed by atoms with Crippen molar-refractivity contribution in [3.05, 3.63) is 30.1 Å². The molecule has 0 saturated carbocycles. The number of aromatic nitrogens is 1. The summed E-state index contributed by atoms with van der Waals surface area (Å²) >= 11 is 0. The smallest absolute Gasteiger partial charge is 0.253 e. The van der Waals surface area contributed by atoms with E-state index in [4.69, 9.17) is 0 Å². The maximum absolute atomic E-state index is 12.5. The SMILES string of the molecule is CC(C)CN1CCC2(CCN(C(=O)c3ccncc3)C2)C1. The monoisotopic (exact) mass is 287 g/mol. The fourth-order valence-electron chi connectivity index (χ4n) is 3.82. The third-order valence-corrected chi connectivity index (χ3v) is 4.79. The third-order valence-electron chi connectivity index (χ3n) is 4.79. The highest BCUT2D eigenvalue weighted by molar-refractivity contribution is 5.94. The standard InChI is InChI=1S/C17H25N3O/c1-14(2)11-19-9-5-17(12-19)6-10-20(13-17)16(21)15-3-7-18-8-4-15/h3-4,7-8,14H,5-6,9-13H2,1-2H3. The first-order valence-electron chi connectivity index (χ1n) is 8.00. The quantitative estimate of drug-likeness (QED) is 0.856. The molecule has 3 rings (SSSR count). The van der Waals surface area contributed by atoms with Crippen LogP contribution in [0.1, 0.15) is 37.0 Å². The summed E-state index contributed by atoms with van der Waals surface area (Å²) < 4.78 is 0. The van der Waals surface area contributed by atoms with Crippen LogP contribution in [-0.2, 0) is 0 Å². The van der Waals surface area contributed by atoms with Gasteiger partial charge in [0.25, 0.3) is 5.91 Å². The molecule has 1 unspecified atom stereocenters. The Bertz CT molecular complexity index is 502. The molecule has 1 amide bonds. The molecule has 2 saturated heterocycles. The van der Waals surface area contributed by atoms with E-state index >= 15 is 0 Å². The minimum absolute atomic E-state index is 0.164. The molecule has 1 atom stereocenters. The van der Waals surface area contributed by atoms with Crippen molar-refractivity contribution in [3.63, 3.8) is 0 Å². The Morgan fingerprint density at radius 3 is 2.67 bits per heavy atom. The average Bonchev–Trinajstić information content (AvgIpc) is 3.06. The zero-order valence-corrected chi connectivity index (χ0v) is 13.1. The number of hydrogen-bond acceptors (Lipinski definition) is 3. The fraction of sp³-hybridized carbons (Fsp3) is 0.647. The van der Waals surface area contributed by atoms with Crippen molar-refractivity contribution in [1.29, 1.82) is 0 Å². The van der Waals surface area contributed by atoms with Crippen molar-refractivity contribution in [1.82, 2.24) is 14.8 Å². The van der Waals surface area contributed by atoms with Gasteiger partial charge < -0.3 is 9.80 Å². The van der Waals surface area contributed by atoms with Crippen LogP contribution < -0.4 is 0 Å². The van der Waals surface area contributed by atoms with Gasteiger partial charge in [-0.15, -0.1) is 0 Å². The molecular formula is C17H25N3O. The van der Waals surface area contributed by atoms with Crippen molar-refractivity contribution < 1.29 is 4.79 Å². The Hall–Kier alpha value is -1.42. The first-order chi connectivity index (χ1) is 10.1. The molecule has 2 aliphatic heterocycles. The van der Waals surface area contributed by atoms with E-state index in [0.717, 1.165) is 37.5 Å². The Kier molecular flexibility index (Phi) is 3.98. The predicted octanol–water partition coefficient (Wildman–Crippen LogP) is 2.28. The van der Waals surface area contributed by atoms with E-state index in [2.05, 4.69) is 23.7 Å². The molecule has 114 valence electrons. The van der Waals surface area contributed by atoms with Gasteiger partial charge in [-0.3, -0.25) is 9.78 Å². The zero-order chi connectivity index (χ0) is 14.9. The largest absolute Gasteiger partial charge is 0.338 e. The third kappa shape index (κ3) is 3.10. The molecule has 0 aliphatic carbocycles. The molecule has 0 radical (unpaired) electrons. The summed E-state index contributed by atoms with van der Waals surface area (Å²) in [6.07, 6.45) is 5.77. The summed E-state index contributed by atoms with van der Waals surface area (Å²) in [6.45, 7) is 9.90. The topological polar surface area (TPSA) is 36.4 Å². The van der Waals surface area contributed by atoms with E-state index in [1.807, 2.05) is 17.0 Å². The second-order valence-electron chi connectivity index (χ2n) is 7.09. The molecule has 2 fully saturated rings. The van der Waals surface area contributed by atoms with Gasteiger partial charge in [-0.05, 0) is 37.4 Å². The maximum atomic E-state index is 12.5. The van der Waals surface area contributed by atoms with Gasteiger partial charge in [-0.25, -0.2) is 0 Å². The number of rotatable bonds is 3.